The summed E-state index contributed by atoms with van der Waals surface area (Å²) in [6, 6.07) is 7.48. The zero-order valence-corrected chi connectivity index (χ0v) is 18.9. The maximum absolute atomic E-state index is 5.74. The molecule has 0 saturated heterocycles. The predicted molar refractivity (Wildman–Crippen MR) is 118 cm³/mol. The van der Waals surface area contributed by atoms with Gasteiger partial charge in [0.1, 0.15) is 11.5 Å². The Labute approximate surface area is 197 Å². The van der Waals surface area contributed by atoms with Gasteiger partial charge in [-0.3, -0.25) is 0 Å². The Hall–Kier alpha value is -3.15. The van der Waals surface area contributed by atoms with Crippen LogP contribution in [0.15, 0.2) is 45.6 Å². The lowest BCUT2D eigenvalue weighted by Gasteiger charge is -2.05. The number of nitrogens with one attached hydrogen (secondary N) is 2. The quantitative estimate of drug-likeness (QED) is 0.354. The first kappa shape index (κ1) is 23.5. The van der Waals surface area contributed by atoms with Gasteiger partial charge in [0.05, 0.1) is 32.2 Å². The number of rotatable bonds is 8. The summed E-state index contributed by atoms with van der Waals surface area (Å²) in [6.45, 7) is 3.24. The van der Waals surface area contributed by atoms with E-state index in [0.29, 0.717) is 31.6 Å². The summed E-state index contributed by atoms with van der Waals surface area (Å²) in [6.07, 6.45) is 3.19. The van der Waals surface area contributed by atoms with Crippen LogP contribution in [0.1, 0.15) is 18.4 Å². The van der Waals surface area contributed by atoms with Crippen molar-refractivity contribution in [3.05, 3.63) is 64.2 Å². The normalized spacial score (nSPS) is 10.2. The number of anilines is 2. The summed E-state index contributed by atoms with van der Waals surface area (Å²) in [5, 5.41) is 6.06. The molecule has 4 heterocycles. The predicted octanol–water partition coefficient (Wildman–Crippen LogP) is 4.51. The van der Waals surface area contributed by atoms with Gasteiger partial charge in [-0.1, -0.05) is 0 Å². The summed E-state index contributed by atoms with van der Waals surface area (Å²) in [7, 11) is 0. The molecular weight excluding hydrogens is 483 g/mol. The number of hydrogen-bond acceptors (Lipinski definition) is 11. The molecule has 168 valence electrons. The van der Waals surface area contributed by atoms with Crippen LogP contribution in [0.5, 0.6) is 6.01 Å². The summed E-state index contributed by atoms with van der Waals surface area (Å²) in [4.78, 5) is 23.1. The van der Waals surface area contributed by atoms with Gasteiger partial charge in [0.15, 0.2) is 0 Å². The molecule has 0 bridgehead atoms. The number of hydrogen-bond donors (Lipinski definition) is 2. The van der Waals surface area contributed by atoms with E-state index in [0.717, 1.165) is 11.5 Å². The van der Waals surface area contributed by atoms with E-state index in [4.69, 9.17) is 48.4 Å². The summed E-state index contributed by atoms with van der Waals surface area (Å²) >= 11 is 16.9. The maximum Gasteiger partial charge on any atom is 0.322 e. The molecule has 0 saturated carbocycles. The molecule has 0 aliphatic carbocycles. The Kier molecular flexibility index (Phi) is 8.84. The molecule has 0 unspecified atom stereocenters. The minimum absolute atomic E-state index is 0.0527. The van der Waals surface area contributed by atoms with Gasteiger partial charge in [0, 0.05) is 0 Å². The Morgan fingerprint density at radius 2 is 1.25 bits per heavy atom. The van der Waals surface area contributed by atoms with E-state index in [2.05, 4.69) is 40.5 Å². The maximum atomic E-state index is 5.74. The molecule has 0 aliphatic rings. The second kappa shape index (κ2) is 12.0. The average Bonchev–Trinajstić information content (AvgIpc) is 3.45. The molecule has 2 N–H and O–H groups in total. The van der Waals surface area contributed by atoms with Gasteiger partial charge in [-0.15, -0.1) is 0 Å². The first-order chi connectivity index (χ1) is 15.5. The first-order valence-electron chi connectivity index (χ1n) is 9.15. The number of halogens is 3. The Morgan fingerprint density at radius 1 is 0.750 bits per heavy atom. The van der Waals surface area contributed by atoms with E-state index in [1.165, 1.54) is 0 Å². The van der Waals surface area contributed by atoms with Gasteiger partial charge in [0.2, 0.25) is 27.7 Å². The number of furan rings is 2. The smallest absolute Gasteiger partial charge is 0.322 e. The number of ether oxygens (including phenoxy) is 1. The molecule has 14 heteroatoms. The molecule has 0 amide bonds. The van der Waals surface area contributed by atoms with Crippen LogP contribution >= 0.6 is 34.8 Å². The highest BCUT2D eigenvalue weighted by atomic mass is 35.5. The number of nitrogens with zero attached hydrogens (tertiary/aromatic N) is 6. The van der Waals surface area contributed by atoms with E-state index >= 15 is 0 Å². The third kappa shape index (κ3) is 7.84. The van der Waals surface area contributed by atoms with Crippen molar-refractivity contribution in [2.75, 3.05) is 17.2 Å². The molecule has 0 fully saturated rings. The molecule has 4 aromatic rings. The molecule has 32 heavy (non-hydrogen) atoms. The summed E-state index contributed by atoms with van der Waals surface area (Å²) < 4.78 is 15.4. The monoisotopic (exact) mass is 498 g/mol. The molecular formula is C18H17Cl3N8O3. The molecule has 0 spiro atoms. The van der Waals surface area contributed by atoms with Crippen LogP contribution in [0.25, 0.3) is 0 Å². The molecule has 4 aromatic heterocycles. The SMILES string of the molecule is CCOc1nc(Cl)nc(NCc2ccco2)n1.Clc1nc(Cl)nc(NCc2ccco2)n1. The van der Waals surface area contributed by atoms with Crippen LogP contribution in [-0.2, 0) is 13.1 Å². The van der Waals surface area contributed by atoms with Crippen LogP contribution < -0.4 is 15.4 Å². The van der Waals surface area contributed by atoms with Crippen LogP contribution in [0.3, 0.4) is 0 Å². The fourth-order valence-electron chi connectivity index (χ4n) is 2.17. The van der Waals surface area contributed by atoms with Crippen molar-refractivity contribution >= 4 is 46.7 Å². The second-order valence-electron chi connectivity index (χ2n) is 5.71. The van der Waals surface area contributed by atoms with E-state index < -0.39 is 0 Å². The summed E-state index contributed by atoms with van der Waals surface area (Å²) in [5.74, 6) is 2.21. The third-order valence-corrected chi connectivity index (χ3v) is 3.95. The minimum Gasteiger partial charge on any atom is -0.467 e. The van der Waals surface area contributed by atoms with Crippen molar-refractivity contribution in [3.63, 3.8) is 0 Å². The van der Waals surface area contributed by atoms with Gasteiger partial charge < -0.3 is 24.2 Å². The zero-order chi connectivity index (χ0) is 22.8. The lowest BCUT2D eigenvalue weighted by atomic mass is 10.4. The van der Waals surface area contributed by atoms with E-state index in [9.17, 15) is 0 Å². The highest BCUT2D eigenvalue weighted by Gasteiger charge is 2.06. The molecule has 11 nitrogen and oxygen atoms in total. The van der Waals surface area contributed by atoms with E-state index in [-0.39, 0.29) is 21.9 Å². The van der Waals surface area contributed by atoms with Crippen molar-refractivity contribution in [1.29, 1.82) is 0 Å². The van der Waals surface area contributed by atoms with Gasteiger partial charge in [-0.05, 0) is 66.0 Å². The van der Waals surface area contributed by atoms with Crippen LogP contribution in [-0.4, -0.2) is 36.5 Å². The molecule has 0 radical (unpaired) electrons. The highest BCUT2D eigenvalue weighted by molar-refractivity contribution is 6.31. The second-order valence-corrected chi connectivity index (χ2v) is 6.72. The van der Waals surface area contributed by atoms with Crippen LogP contribution in [0.4, 0.5) is 11.9 Å². The lowest BCUT2D eigenvalue weighted by molar-refractivity contribution is 0.312. The Bertz CT molecular complexity index is 1080. The fraction of sp³-hybridized carbons (Fsp3) is 0.222. The Morgan fingerprint density at radius 3 is 1.72 bits per heavy atom. The fourth-order valence-corrected chi connectivity index (χ4v) is 2.68. The molecule has 0 atom stereocenters. The van der Waals surface area contributed by atoms with Crippen molar-refractivity contribution in [2.24, 2.45) is 0 Å². The molecule has 4 rings (SSSR count). The van der Waals surface area contributed by atoms with Crippen molar-refractivity contribution in [1.82, 2.24) is 29.9 Å². The van der Waals surface area contributed by atoms with Gasteiger partial charge in [-0.25, -0.2) is 0 Å². The number of aromatic nitrogens is 6. The van der Waals surface area contributed by atoms with Crippen LogP contribution in [0, 0.1) is 0 Å². The highest BCUT2D eigenvalue weighted by Crippen LogP contribution is 2.13. The minimum atomic E-state index is 0.0527. The zero-order valence-electron chi connectivity index (χ0n) is 16.6. The van der Waals surface area contributed by atoms with Gasteiger partial charge >= 0.3 is 6.01 Å². The first-order valence-corrected chi connectivity index (χ1v) is 10.3. The molecule has 0 aromatic carbocycles. The topological polar surface area (TPSA) is 137 Å². The third-order valence-electron chi connectivity index (χ3n) is 3.44. The van der Waals surface area contributed by atoms with Crippen molar-refractivity contribution < 1.29 is 13.6 Å². The summed E-state index contributed by atoms with van der Waals surface area (Å²) in [5.41, 5.74) is 0. The van der Waals surface area contributed by atoms with Crippen molar-refractivity contribution in [2.45, 2.75) is 20.0 Å². The largest absolute Gasteiger partial charge is 0.467 e. The average molecular weight is 500 g/mol. The van der Waals surface area contributed by atoms with Crippen molar-refractivity contribution in [3.8, 4) is 6.01 Å². The van der Waals surface area contributed by atoms with E-state index in [1.54, 1.807) is 18.6 Å². The van der Waals surface area contributed by atoms with Gasteiger partial charge in [0.25, 0.3) is 0 Å². The standard InChI is InChI=1S/C10H11ClN4O2.C8H6Cl2N4O/c1-2-16-10-14-8(11)13-9(15-10)12-6-7-4-3-5-17-7;9-6-12-7(10)14-8(13-6)11-4-5-2-1-3-15-5/h3-5H,2,6H2,1H3,(H,12,13,14,15);1-3H,4H2,(H,11,12,13,14). The lowest BCUT2D eigenvalue weighted by Crippen LogP contribution is -2.06. The van der Waals surface area contributed by atoms with Crippen LogP contribution in [0.2, 0.25) is 15.9 Å². The Balaban J connectivity index is 0.000000182. The van der Waals surface area contributed by atoms with E-state index in [1.807, 2.05) is 25.1 Å². The molecule has 0 aliphatic heterocycles. The van der Waals surface area contributed by atoms with Gasteiger partial charge in [-0.2, -0.15) is 29.9 Å².